The fourth-order valence-electron chi connectivity index (χ4n) is 2.62. The molecule has 1 fully saturated rings. The van der Waals surface area contributed by atoms with Crippen LogP contribution in [0.1, 0.15) is 19.8 Å². The molecule has 0 bridgehead atoms. The van der Waals surface area contributed by atoms with E-state index in [4.69, 9.17) is 0 Å². The molecule has 1 saturated heterocycles. The predicted molar refractivity (Wildman–Crippen MR) is 81.6 cm³/mol. The van der Waals surface area contributed by atoms with Crippen molar-refractivity contribution in [1.29, 1.82) is 0 Å². The van der Waals surface area contributed by atoms with E-state index in [2.05, 4.69) is 21.9 Å². The lowest BCUT2D eigenvalue weighted by Gasteiger charge is -2.34. The number of likely N-dealkylation sites (N-methyl/N-ethyl adjacent to an activating group) is 1. The molecule has 0 spiro atoms. The Morgan fingerprint density at radius 2 is 2.00 bits per heavy atom. The van der Waals surface area contributed by atoms with E-state index in [1.807, 2.05) is 12.1 Å². The molecule has 0 radical (unpaired) electrons. The smallest absolute Gasteiger partial charge is 0.240 e. The van der Waals surface area contributed by atoms with Gasteiger partial charge in [-0.25, -0.2) is 13.1 Å². The first kappa shape index (κ1) is 15.3. The Balaban J connectivity index is 2.10. The number of piperidine rings is 1. The molecule has 112 valence electrons. The van der Waals surface area contributed by atoms with Gasteiger partial charge in [-0.2, -0.15) is 0 Å². The minimum Gasteiger partial charge on any atom is -0.370 e. The first-order valence-corrected chi connectivity index (χ1v) is 8.57. The van der Waals surface area contributed by atoms with Crippen molar-refractivity contribution >= 4 is 15.7 Å². The Morgan fingerprint density at radius 3 is 2.60 bits per heavy atom. The number of rotatable bonds is 5. The van der Waals surface area contributed by atoms with Gasteiger partial charge in [-0.1, -0.05) is 6.92 Å². The number of hydrogen-bond acceptors (Lipinski definition) is 4. The zero-order chi connectivity index (χ0) is 14.6. The van der Waals surface area contributed by atoms with Gasteiger partial charge in [-0.05, 0) is 50.7 Å². The maximum atomic E-state index is 11.7. The zero-order valence-electron chi connectivity index (χ0n) is 12.1. The third kappa shape index (κ3) is 3.50. The van der Waals surface area contributed by atoms with Crippen LogP contribution in [0.15, 0.2) is 29.2 Å². The van der Waals surface area contributed by atoms with Crippen LogP contribution in [0, 0.1) is 0 Å². The number of hydrogen-bond donors (Lipinski definition) is 2. The highest BCUT2D eigenvalue weighted by atomic mass is 32.2. The van der Waals surface area contributed by atoms with Gasteiger partial charge in [-0.3, -0.25) is 0 Å². The second-order valence-corrected chi connectivity index (χ2v) is 6.93. The van der Waals surface area contributed by atoms with Crippen LogP contribution in [-0.4, -0.2) is 41.1 Å². The lowest BCUT2D eigenvalue weighted by Crippen LogP contribution is -2.45. The van der Waals surface area contributed by atoms with Crippen molar-refractivity contribution < 1.29 is 8.42 Å². The molecule has 0 saturated carbocycles. The third-order valence-electron chi connectivity index (χ3n) is 3.70. The molecule has 5 nitrogen and oxygen atoms in total. The van der Waals surface area contributed by atoms with Gasteiger partial charge in [0.05, 0.1) is 4.90 Å². The molecule has 6 heteroatoms. The minimum atomic E-state index is -3.35. The summed E-state index contributed by atoms with van der Waals surface area (Å²) >= 11 is 0. The van der Waals surface area contributed by atoms with E-state index < -0.39 is 10.0 Å². The number of sulfonamides is 1. The molecule has 0 amide bonds. The second kappa shape index (κ2) is 6.56. The molecule has 0 aromatic heterocycles. The molecule has 1 aromatic carbocycles. The SMILES string of the molecule is CCNC1CCCN(c2ccc(S(=O)(=O)NC)cc2)C1. The van der Waals surface area contributed by atoms with Gasteiger partial charge in [0, 0.05) is 24.8 Å². The molecular formula is C14H23N3O2S. The van der Waals surface area contributed by atoms with Crippen molar-refractivity contribution in [3.8, 4) is 0 Å². The molecule has 20 heavy (non-hydrogen) atoms. The molecule has 1 heterocycles. The van der Waals surface area contributed by atoms with Crippen molar-refractivity contribution in [2.75, 3.05) is 31.6 Å². The molecule has 1 aromatic rings. The molecular weight excluding hydrogens is 274 g/mol. The summed E-state index contributed by atoms with van der Waals surface area (Å²) in [5, 5.41) is 3.48. The number of nitrogens with zero attached hydrogens (tertiary/aromatic N) is 1. The van der Waals surface area contributed by atoms with Crippen LogP contribution in [0.25, 0.3) is 0 Å². The van der Waals surface area contributed by atoms with Crippen LogP contribution in [-0.2, 0) is 10.0 Å². The molecule has 2 rings (SSSR count). The molecule has 1 aliphatic heterocycles. The Morgan fingerprint density at radius 1 is 1.30 bits per heavy atom. The highest BCUT2D eigenvalue weighted by Crippen LogP contribution is 2.21. The van der Waals surface area contributed by atoms with E-state index in [0.717, 1.165) is 31.7 Å². The molecule has 1 atom stereocenters. The van der Waals surface area contributed by atoms with E-state index in [-0.39, 0.29) is 0 Å². The summed E-state index contributed by atoms with van der Waals surface area (Å²) < 4.78 is 25.7. The minimum absolute atomic E-state index is 0.309. The number of nitrogens with one attached hydrogen (secondary N) is 2. The predicted octanol–water partition coefficient (Wildman–Crippen LogP) is 1.17. The average Bonchev–Trinajstić information content (AvgIpc) is 2.48. The maximum absolute atomic E-state index is 11.7. The summed E-state index contributed by atoms with van der Waals surface area (Å²) in [7, 11) is -1.92. The summed E-state index contributed by atoms with van der Waals surface area (Å²) in [5.74, 6) is 0. The van der Waals surface area contributed by atoms with Crippen LogP contribution in [0.2, 0.25) is 0 Å². The average molecular weight is 297 g/mol. The highest BCUT2D eigenvalue weighted by molar-refractivity contribution is 7.89. The Kier molecular flexibility index (Phi) is 5.01. The van der Waals surface area contributed by atoms with Gasteiger partial charge < -0.3 is 10.2 Å². The Hall–Kier alpha value is -1.11. The fourth-order valence-corrected chi connectivity index (χ4v) is 3.35. The fraction of sp³-hybridized carbons (Fsp3) is 0.571. The summed E-state index contributed by atoms with van der Waals surface area (Å²) in [4.78, 5) is 2.62. The summed E-state index contributed by atoms with van der Waals surface area (Å²) in [6.45, 7) is 5.11. The molecule has 1 aliphatic rings. The lowest BCUT2D eigenvalue weighted by molar-refractivity contribution is 0.431. The van der Waals surface area contributed by atoms with Gasteiger partial charge in [0.15, 0.2) is 0 Å². The Bertz CT molecular complexity index is 526. The first-order chi connectivity index (χ1) is 9.56. The van der Waals surface area contributed by atoms with Crippen molar-refractivity contribution in [2.24, 2.45) is 0 Å². The van der Waals surface area contributed by atoms with Gasteiger partial charge in [0.25, 0.3) is 0 Å². The van der Waals surface area contributed by atoms with E-state index in [9.17, 15) is 8.42 Å². The van der Waals surface area contributed by atoms with Crippen LogP contribution in [0.4, 0.5) is 5.69 Å². The molecule has 1 unspecified atom stereocenters. The monoisotopic (exact) mass is 297 g/mol. The third-order valence-corrected chi connectivity index (χ3v) is 5.13. The first-order valence-electron chi connectivity index (χ1n) is 7.08. The normalized spacial score (nSPS) is 20.1. The van der Waals surface area contributed by atoms with Gasteiger partial charge in [0.1, 0.15) is 0 Å². The van der Waals surface area contributed by atoms with Crippen LogP contribution >= 0.6 is 0 Å². The largest absolute Gasteiger partial charge is 0.370 e. The van der Waals surface area contributed by atoms with Crippen LogP contribution in [0.5, 0.6) is 0 Å². The van der Waals surface area contributed by atoms with Gasteiger partial charge in [-0.15, -0.1) is 0 Å². The number of benzene rings is 1. The standard InChI is InChI=1S/C14H23N3O2S/c1-3-16-12-5-4-10-17(11-12)13-6-8-14(9-7-13)20(18,19)15-2/h6-9,12,15-16H,3-5,10-11H2,1-2H3. The van der Waals surface area contributed by atoms with Crippen LogP contribution < -0.4 is 14.9 Å². The van der Waals surface area contributed by atoms with E-state index >= 15 is 0 Å². The summed E-state index contributed by atoms with van der Waals surface area (Å²) in [5.41, 5.74) is 1.09. The number of anilines is 1. The van der Waals surface area contributed by atoms with Crippen LogP contribution in [0.3, 0.4) is 0 Å². The van der Waals surface area contributed by atoms with Gasteiger partial charge in [0.2, 0.25) is 10.0 Å². The summed E-state index contributed by atoms with van der Waals surface area (Å²) in [6, 6.07) is 7.63. The molecule has 2 N–H and O–H groups in total. The van der Waals surface area contributed by atoms with Crippen molar-refractivity contribution in [2.45, 2.75) is 30.7 Å². The highest BCUT2D eigenvalue weighted by Gasteiger charge is 2.19. The zero-order valence-corrected chi connectivity index (χ0v) is 12.9. The van der Waals surface area contributed by atoms with E-state index in [1.165, 1.54) is 13.5 Å². The van der Waals surface area contributed by atoms with E-state index in [0.29, 0.717) is 10.9 Å². The lowest BCUT2D eigenvalue weighted by atomic mass is 10.0. The maximum Gasteiger partial charge on any atom is 0.240 e. The quantitative estimate of drug-likeness (QED) is 0.856. The van der Waals surface area contributed by atoms with E-state index in [1.54, 1.807) is 12.1 Å². The van der Waals surface area contributed by atoms with Gasteiger partial charge >= 0.3 is 0 Å². The van der Waals surface area contributed by atoms with Crippen molar-refractivity contribution in [3.05, 3.63) is 24.3 Å². The second-order valence-electron chi connectivity index (χ2n) is 5.04. The Labute approximate surface area is 121 Å². The van der Waals surface area contributed by atoms with Crippen molar-refractivity contribution in [1.82, 2.24) is 10.0 Å². The molecule has 0 aliphatic carbocycles. The topological polar surface area (TPSA) is 61.4 Å². The summed E-state index contributed by atoms with van der Waals surface area (Å²) in [6.07, 6.45) is 2.37. The van der Waals surface area contributed by atoms with Crippen molar-refractivity contribution in [3.63, 3.8) is 0 Å².